The van der Waals surface area contributed by atoms with E-state index in [4.69, 9.17) is 21.3 Å². The number of rotatable bonds is 10. The molecule has 0 bridgehead atoms. The van der Waals surface area contributed by atoms with Crippen LogP contribution >= 0.6 is 0 Å². The number of nitrogens with zero attached hydrogens (tertiary/aromatic N) is 7. The van der Waals surface area contributed by atoms with Gasteiger partial charge in [-0.15, -0.1) is 0 Å². The highest BCUT2D eigenvalue weighted by molar-refractivity contribution is 5.97. The predicted octanol–water partition coefficient (Wildman–Crippen LogP) is 5.37. The SMILES string of the molecule is [C-]#[N+]C[C@H]1CN(c2nc(O[C@H](C)CN(C)CC3CC(F)(F)C3)nc3c2CCN(c2cccc4cccc(C)c24)C3)CCN1C(=O)C=C. The standard InChI is InChI=1S/C36H43F2N7O2/c1-6-32(46)45-16-15-44(22-28(45)19-39-4)34-29-13-14-43(31-12-8-11-27-10-7-9-24(2)33(27)31)23-30(29)40-35(41-34)47-25(3)20-42(5)21-26-17-36(37,38)18-26/h6-12,25-26,28H,1,13-23H2,2-3,5H3/t25-,28+/m1/s1. The minimum atomic E-state index is -2.53. The van der Waals surface area contributed by atoms with Crippen molar-refractivity contribution in [1.29, 1.82) is 0 Å². The quantitative estimate of drug-likeness (QED) is 0.218. The molecule has 1 saturated carbocycles. The maximum atomic E-state index is 13.4. The minimum absolute atomic E-state index is 0.00692. The highest BCUT2D eigenvalue weighted by Gasteiger charge is 2.45. The van der Waals surface area contributed by atoms with E-state index in [9.17, 15) is 13.6 Å². The fourth-order valence-corrected chi connectivity index (χ4v) is 7.48. The molecule has 2 aromatic carbocycles. The number of carbonyl (C=O) groups excluding carboxylic acids is 1. The van der Waals surface area contributed by atoms with Gasteiger partial charge in [0.1, 0.15) is 18.0 Å². The van der Waals surface area contributed by atoms with E-state index in [0.29, 0.717) is 39.3 Å². The van der Waals surface area contributed by atoms with Gasteiger partial charge in [0.05, 0.1) is 12.2 Å². The third-order valence-electron chi connectivity index (χ3n) is 9.62. The number of ether oxygens (including phenoxy) is 1. The van der Waals surface area contributed by atoms with Gasteiger partial charge in [-0.05, 0) is 56.3 Å². The Hall–Kier alpha value is -4.30. The second kappa shape index (κ2) is 13.4. The molecule has 0 N–H and O–H groups in total. The van der Waals surface area contributed by atoms with Gasteiger partial charge < -0.3 is 29.2 Å². The van der Waals surface area contributed by atoms with Crippen molar-refractivity contribution in [3.8, 4) is 6.01 Å². The van der Waals surface area contributed by atoms with E-state index < -0.39 is 5.92 Å². The fraction of sp³-hybridized carbons (Fsp3) is 0.500. The summed E-state index contributed by atoms with van der Waals surface area (Å²) in [6.45, 7) is 19.5. The number of fused-ring (bicyclic) bond motifs is 2. The molecule has 3 aliphatic rings. The lowest BCUT2D eigenvalue weighted by molar-refractivity contribution is -0.128. The van der Waals surface area contributed by atoms with Gasteiger partial charge in [-0.1, -0.05) is 36.9 Å². The van der Waals surface area contributed by atoms with Crippen molar-refractivity contribution in [1.82, 2.24) is 19.8 Å². The molecule has 0 radical (unpaired) electrons. The van der Waals surface area contributed by atoms with Crippen LogP contribution in [0.4, 0.5) is 20.3 Å². The smallest absolute Gasteiger partial charge is 0.318 e. The number of carbonyl (C=O) groups is 1. The second-order valence-electron chi connectivity index (χ2n) is 13.3. The minimum Gasteiger partial charge on any atom is -0.459 e. The molecule has 2 fully saturated rings. The summed E-state index contributed by atoms with van der Waals surface area (Å²) in [5, 5.41) is 2.43. The highest BCUT2D eigenvalue weighted by atomic mass is 19.3. The maximum Gasteiger partial charge on any atom is 0.318 e. The molecule has 248 valence electrons. The first kappa shape index (κ1) is 32.6. The summed E-state index contributed by atoms with van der Waals surface area (Å²) in [6.07, 6.45) is 1.65. The number of halogens is 2. The molecule has 6 rings (SSSR count). The van der Waals surface area contributed by atoms with E-state index >= 15 is 0 Å². The molecule has 1 amide bonds. The summed E-state index contributed by atoms with van der Waals surface area (Å²) < 4.78 is 33.1. The molecule has 3 aromatic rings. The van der Waals surface area contributed by atoms with Crippen molar-refractivity contribution >= 4 is 28.2 Å². The zero-order valence-corrected chi connectivity index (χ0v) is 27.5. The number of hydrogen-bond donors (Lipinski definition) is 0. The Morgan fingerprint density at radius 3 is 2.68 bits per heavy atom. The maximum absolute atomic E-state index is 13.4. The zero-order valence-electron chi connectivity index (χ0n) is 27.5. The molecule has 2 atom stereocenters. The fourth-order valence-electron chi connectivity index (χ4n) is 7.48. The van der Waals surface area contributed by atoms with E-state index in [2.05, 4.69) is 64.5 Å². The van der Waals surface area contributed by atoms with Gasteiger partial charge in [-0.3, -0.25) is 4.79 Å². The van der Waals surface area contributed by atoms with Gasteiger partial charge in [-0.2, -0.15) is 9.97 Å². The molecule has 0 spiro atoms. The van der Waals surface area contributed by atoms with E-state index in [0.717, 1.165) is 30.0 Å². The van der Waals surface area contributed by atoms with E-state index in [1.165, 1.54) is 28.1 Å². The zero-order chi connectivity index (χ0) is 33.3. The number of aryl methyl sites for hydroxylation is 1. The van der Waals surface area contributed by atoms with Gasteiger partial charge in [-0.25, -0.2) is 15.4 Å². The van der Waals surface area contributed by atoms with Gasteiger partial charge in [0, 0.05) is 68.7 Å². The molecule has 1 aliphatic carbocycles. The number of likely N-dealkylation sites (N-methyl/N-ethyl adjacent to an activating group) is 1. The van der Waals surface area contributed by atoms with Gasteiger partial charge in [0.25, 0.3) is 0 Å². The monoisotopic (exact) mass is 643 g/mol. The molecule has 9 nitrogen and oxygen atoms in total. The summed E-state index contributed by atoms with van der Waals surface area (Å²) in [5.41, 5.74) is 4.34. The molecule has 2 aliphatic heterocycles. The van der Waals surface area contributed by atoms with Crippen LogP contribution in [0.1, 0.15) is 36.6 Å². The van der Waals surface area contributed by atoms with Crippen LogP contribution < -0.4 is 14.5 Å². The summed E-state index contributed by atoms with van der Waals surface area (Å²) in [4.78, 5) is 34.5. The van der Waals surface area contributed by atoms with Crippen molar-refractivity contribution in [2.45, 2.75) is 57.7 Å². The Labute approximate surface area is 275 Å². The van der Waals surface area contributed by atoms with Crippen LogP contribution in [0.5, 0.6) is 6.01 Å². The molecule has 1 saturated heterocycles. The van der Waals surface area contributed by atoms with Crippen molar-refractivity contribution in [2.24, 2.45) is 5.92 Å². The van der Waals surface area contributed by atoms with E-state index in [1.807, 2.05) is 18.9 Å². The van der Waals surface area contributed by atoms with Gasteiger partial charge >= 0.3 is 6.01 Å². The lowest BCUT2D eigenvalue weighted by atomic mass is 9.81. The number of benzene rings is 2. The Morgan fingerprint density at radius 1 is 1.19 bits per heavy atom. The first-order valence-corrected chi connectivity index (χ1v) is 16.4. The highest BCUT2D eigenvalue weighted by Crippen LogP contribution is 2.42. The topological polar surface area (TPSA) is 69.4 Å². The molecule has 11 heteroatoms. The molecule has 0 unspecified atom stereocenters. The number of anilines is 2. The Kier molecular flexibility index (Phi) is 9.33. The predicted molar refractivity (Wildman–Crippen MR) is 180 cm³/mol. The Bertz CT molecular complexity index is 1680. The third kappa shape index (κ3) is 7.03. The van der Waals surface area contributed by atoms with Crippen LogP contribution in [-0.4, -0.2) is 96.6 Å². The number of aromatic nitrogens is 2. The summed E-state index contributed by atoms with van der Waals surface area (Å²) in [7, 11) is 1.93. The van der Waals surface area contributed by atoms with Crippen molar-refractivity contribution < 1.29 is 18.3 Å². The van der Waals surface area contributed by atoms with Crippen molar-refractivity contribution in [3.63, 3.8) is 0 Å². The van der Waals surface area contributed by atoms with E-state index in [-0.39, 0.29) is 49.4 Å². The van der Waals surface area contributed by atoms with Crippen LogP contribution in [0.25, 0.3) is 15.6 Å². The summed E-state index contributed by atoms with van der Waals surface area (Å²) >= 11 is 0. The molecular formula is C36H43F2N7O2. The number of hydrogen-bond acceptors (Lipinski definition) is 7. The van der Waals surface area contributed by atoms with Crippen LogP contribution in [0, 0.1) is 19.4 Å². The lowest BCUT2D eigenvalue weighted by Gasteiger charge is -2.41. The average molecular weight is 644 g/mol. The summed E-state index contributed by atoms with van der Waals surface area (Å²) in [5.74, 6) is -1.92. The third-order valence-corrected chi connectivity index (χ3v) is 9.62. The molecular weight excluding hydrogens is 600 g/mol. The largest absolute Gasteiger partial charge is 0.459 e. The first-order valence-electron chi connectivity index (χ1n) is 16.4. The Balaban J connectivity index is 1.28. The number of piperazine rings is 1. The van der Waals surface area contributed by atoms with Crippen molar-refractivity contribution in [3.05, 3.63) is 77.3 Å². The van der Waals surface area contributed by atoms with Crippen LogP contribution in [-0.2, 0) is 17.8 Å². The van der Waals surface area contributed by atoms with Crippen LogP contribution in [0.3, 0.4) is 0 Å². The van der Waals surface area contributed by atoms with Gasteiger partial charge in [0.2, 0.25) is 18.4 Å². The Morgan fingerprint density at radius 2 is 1.96 bits per heavy atom. The molecule has 47 heavy (non-hydrogen) atoms. The van der Waals surface area contributed by atoms with Crippen molar-refractivity contribution in [2.75, 3.05) is 62.7 Å². The molecule has 1 aromatic heterocycles. The number of alkyl halides is 2. The normalized spacial score (nSPS) is 20.0. The lowest BCUT2D eigenvalue weighted by Crippen LogP contribution is -2.56. The first-order chi connectivity index (χ1) is 22.5. The second-order valence-corrected chi connectivity index (χ2v) is 13.3. The number of amides is 1. The average Bonchev–Trinajstić information content (AvgIpc) is 3.02. The summed E-state index contributed by atoms with van der Waals surface area (Å²) in [6, 6.07) is 12.8. The molecule has 3 heterocycles. The van der Waals surface area contributed by atoms with Crippen LogP contribution in [0.2, 0.25) is 0 Å². The van der Waals surface area contributed by atoms with E-state index in [1.54, 1.807) is 4.90 Å². The van der Waals surface area contributed by atoms with Crippen LogP contribution in [0.15, 0.2) is 49.1 Å². The van der Waals surface area contributed by atoms with Gasteiger partial charge in [0.15, 0.2) is 0 Å².